The van der Waals surface area contributed by atoms with Gasteiger partial charge in [-0.2, -0.15) is 4.37 Å². The zero-order valence-corrected chi connectivity index (χ0v) is 9.05. The predicted octanol–water partition coefficient (Wildman–Crippen LogP) is 2.03. The molecule has 0 fully saturated rings. The highest BCUT2D eigenvalue weighted by Gasteiger charge is 2.20. The Kier molecular flexibility index (Phi) is 2.60. The lowest BCUT2D eigenvalue weighted by molar-refractivity contribution is -0.138. The Labute approximate surface area is 94.4 Å². The van der Waals surface area contributed by atoms with E-state index in [2.05, 4.69) is 4.37 Å². The number of halogens is 1. The van der Waals surface area contributed by atoms with Crippen LogP contribution in [0.25, 0.3) is 10.1 Å². The van der Waals surface area contributed by atoms with Crippen LogP contribution in [0.15, 0.2) is 18.2 Å². The molecular formula is C9H7ClN2O2S. The van der Waals surface area contributed by atoms with Gasteiger partial charge in [-0.15, -0.1) is 0 Å². The van der Waals surface area contributed by atoms with Gasteiger partial charge in [0.1, 0.15) is 6.04 Å². The number of nitrogens with zero attached hydrogens (tertiary/aromatic N) is 1. The van der Waals surface area contributed by atoms with Crippen molar-refractivity contribution in [2.45, 2.75) is 6.04 Å². The molecule has 0 spiro atoms. The Hall–Kier alpha value is -1.17. The SMILES string of the molecule is NC(C(=O)O)c1nsc2ccc(Cl)cc12. The highest BCUT2D eigenvalue weighted by atomic mass is 35.5. The molecule has 0 aliphatic carbocycles. The lowest BCUT2D eigenvalue weighted by Crippen LogP contribution is -2.21. The highest BCUT2D eigenvalue weighted by molar-refractivity contribution is 7.13. The van der Waals surface area contributed by atoms with Gasteiger partial charge >= 0.3 is 5.97 Å². The number of hydrogen-bond donors (Lipinski definition) is 2. The Bertz CT molecular complexity index is 526. The zero-order valence-electron chi connectivity index (χ0n) is 7.48. The first-order valence-electron chi connectivity index (χ1n) is 4.13. The molecule has 1 aromatic carbocycles. The summed E-state index contributed by atoms with van der Waals surface area (Å²) in [5, 5.41) is 10.0. The molecule has 0 aliphatic heterocycles. The third-order valence-corrected chi connectivity index (χ3v) is 3.10. The summed E-state index contributed by atoms with van der Waals surface area (Å²) in [5.41, 5.74) is 5.87. The van der Waals surface area contributed by atoms with Gasteiger partial charge in [0.25, 0.3) is 0 Å². The smallest absolute Gasteiger partial charge is 0.326 e. The van der Waals surface area contributed by atoms with Gasteiger partial charge in [0.15, 0.2) is 0 Å². The van der Waals surface area contributed by atoms with Crippen LogP contribution < -0.4 is 5.73 Å². The minimum Gasteiger partial charge on any atom is -0.480 e. The van der Waals surface area contributed by atoms with E-state index >= 15 is 0 Å². The van der Waals surface area contributed by atoms with Crippen LogP contribution in [-0.4, -0.2) is 15.4 Å². The number of fused-ring (bicyclic) bond motifs is 1. The normalized spacial score (nSPS) is 12.9. The van der Waals surface area contributed by atoms with Crippen LogP contribution in [0, 0.1) is 0 Å². The maximum absolute atomic E-state index is 10.7. The van der Waals surface area contributed by atoms with Gasteiger partial charge in [-0.05, 0) is 29.7 Å². The van der Waals surface area contributed by atoms with Crippen LogP contribution in [0.1, 0.15) is 11.7 Å². The van der Waals surface area contributed by atoms with Crippen molar-refractivity contribution < 1.29 is 9.90 Å². The van der Waals surface area contributed by atoms with Gasteiger partial charge in [-0.25, -0.2) is 0 Å². The second kappa shape index (κ2) is 3.77. The first-order valence-corrected chi connectivity index (χ1v) is 5.28. The average molecular weight is 243 g/mol. The maximum atomic E-state index is 10.7. The number of aliphatic carboxylic acids is 1. The molecule has 2 aromatic rings. The Morgan fingerprint density at radius 2 is 2.33 bits per heavy atom. The molecule has 2 rings (SSSR count). The lowest BCUT2D eigenvalue weighted by atomic mass is 10.1. The van der Waals surface area contributed by atoms with Crippen molar-refractivity contribution >= 4 is 39.2 Å². The van der Waals surface area contributed by atoms with Crippen molar-refractivity contribution in [3.63, 3.8) is 0 Å². The van der Waals surface area contributed by atoms with E-state index in [1.54, 1.807) is 18.2 Å². The second-order valence-electron chi connectivity index (χ2n) is 3.02. The minimum atomic E-state index is -1.10. The van der Waals surface area contributed by atoms with Gasteiger partial charge in [0, 0.05) is 10.4 Å². The molecule has 0 saturated heterocycles. The molecule has 1 atom stereocenters. The molecule has 0 saturated carbocycles. The molecule has 4 nitrogen and oxygen atoms in total. The van der Waals surface area contributed by atoms with E-state index in [1.165, 1.54) is 11.5 Å². The second-order valence-corrected chi connectivity index (χ2v) is 4.27. The van der Waals surface area contributed by atoms with Crippen molar-refractivity contribution in [2.75, 3.05) is 0 Å². The summed E-state index contributed by atoms with van der Waals surface area (Å²) in [5.74, 6) is -1.10. The number of carboxylic acids is 1. The fourth-order valence-corrected chi connectivity index (χ4v) is 2.24. The summed E-state index contributed by atoms with van der Waals surface area (Å²) in [6.07, 6.45) is 0. The molecule has 6 heteroatoms. The number of carboxylic acid groups (broad SMARTS) is 1. The van der Waals surface area contributed by atoms with E-state index < -0.39 is 12.0 Å². The Morgan fingerprint density at radius 1 is 1.60 bits per heavy atom. The molecule has 0 radical (unpaired) electrons. The van der Waals surface area contributed by atoms with E-state index in [4.69, 9.17) is 22.4 Å². The fourth-order valence-electron chi connectivity index (χ4n) is 1.27. The molecule has 3 N–H and O–H groups in total. The van der Waals surface area contributed by atoms with Crippen molar-refractivity contribution in [2.24, 2.45) is 5.73 Å². The standard InChI is InChI=1S/C9H7ClN2O2S/c10-4-1-2-6-5(3-4)8(12-15-6)7(11)9(13)14/h1-3,7H,11H2,(H,13,14). The molecule has 1 unspecified atom stereocenters. The fraction of sp³-hybridized carbons (Fsp3) is 0.111. The van der Waals surface area contributed by atoms with E-state index in [1.807, 2.05) is 0 Å². The summed E-state index contributed by atoms with van der Waals surface area (Å²) in [6.45, 7) is 0. The van der Waals surface area contributed by atoms with Crippen LogP contribution in [0.2, 0.25) is 5.02 Å². The number of carbonyl (C=O) groups is 1. The number of aromatic nitrogens is 1. The van der Waals surface area contributed by atoms with Crippen LogP contribution in [0.3, 0.4) is 0 Å². The monoisotopic (exact) mass is 242 g/mol. The lowest BCUT2D eigenvalue weighted by Gasteiger charge is -2.02. The van der Waals surface area contributed by atoms with Crippen molar-refractivity contribution in [3.05, 3.63) is 28.9 Å². The van der Waals surface area contributed by atoms with Gasteiger partial charge in [0.05, 0.1) is 10.4 Å². The summed E-state index contributed by atoms with van der Waals surface area (Å²) < 4.78 is 4.92. The first kappa shape index (κ1) is 10.4. The molecule has 0 aliphatic rings. The largest absolute Gasteiger partial charge is 0.480 e. The third-order valence-electron chi connectivity index (χ3n) is 2.02. The summed E-state index contributed by atoms with van der Waals surface area (Å²) in [6, 6.07) is 4.11. The quantitative estimate of drug-likeness (QED) is 0.845. The van der Waals surface area contributed by atoms with Gasteiger partial charge in [-0.3, -0.25) is 4.79 Å². The topological polar surface area (TPSA) is 76.2 Å². The number of nitrogens with two attached hydrogens (primary N) is 1. The maximum Gasteiger partial charge on any atom is 0.326 e. The van der Waals surface area contributed by atoms with Crippen LogP contribution in [0.4, 0.5) is 0 Å². The summed E-state index contributed by atoms with van der Waals surface area (Å²) in [7, 11) is 0. The zero-order chi connectivity index (χ0) is 11.0. The molecule has 78 valence electrons. The Morgan fingerprint density at radius 3 is 3.00 bits per heavy atom. The third kappa shape index (κ3) is 1.81. The van der Waals surface area contributed by atoms with Crippen molar-refractivity contribution in [1.82, 2.24) is 4.37 Å². The number of hydrogen-bond acceptors (Lipinski definition) is 4. The van der Waals surface area contributed by atoms with Crippen molar-refractivity contribution in [1.29, 1.82) is 0 Å². The predicted molar refractivity (Wildman–Crippen MR) is 59.2 cm³/mol. The number of rotatable bonds is 2. The van der Waals surface area contributed by atoms with E-state index in [-0.39, 0.29) is 0 Å². The summed E-state index contributed by atoms with van der Waals surface area (Å²) >= 11 is 7.04. The van der Waals surface area contributed by atoms with Crippen LogP contribution in [-0.2, 0) is 4.79 Å². The van der Waals surface area contributed by atoms with Gasteiger partial charge < -0.3 is 10.8 Å². The molecule has 1 aromatic heterocycles. The molecule has 0 bridgehead atoms. The highest BCUT2D eigenvalue weighted by Crippen LogP contribution is 2.28. The minimum absolute atomic E-state index is 0.366. The van der Waals surface area contributed by atoms with E-state index in [0.29, 0.717) is 16.1 Å². The van der Waals surface area contributed by atoms with Crippen LogP contribution in [0.5, 0.6) is 0 Å². The molecule has 0 amide bonds. The van der Waals surface area contributed by atoms with Crippen molar-refractivity contribution in [3.8, 4) is 0 Å². The van der Waals surface area contributed by atoms with Crippen LogP contribution >= 0.6 is 23.1 Å². The number of benzene rings is 1. The molecule has 1 heterocycles. The van der Waals surface area contributed by atoms with Gasteiger partial charge in [0.2, 0.25) is 0 Å². The molecular weight excluding hydrogens is 236 g/mol. The van der Waals surface area contributed by atoms with E-state index in [9.17, 15) is 4.79 Å². The molecule has 15 heavy (non-hydrogen) atoms. The van der Waals surface area contributed by atoms with E-state index in [0.717, 1.165) is 4.70 Å². The first-order chi connectivity index (χ1) is 7.09. The average Bonchev–Trinajstić information content (AvgIpc) is 2.59. The summed E-state index contributed by atoms with van der Waals surface area (Å²) in [4.78, 5) is 10.7. The Balaban J connectivity index is 2.61. The van der Waals surface area contributed by atoms with Gasteiger partial charge in [-0.1, -0.05) is 11.6 Å².